The highest BCUT2D eigenvalue weighted by atomic mass is 32.2. The average molecular weight is 467 g/mol. The molecular weight excluding hydrogens is 436 g/mol. The molecule has 0 saturated carbocycles. The normalized spacial score (nSPS) is 12.8. The number of sulfonamides is 1. The number of benzene rings is 3. The number of nitrogens with one attached hydrogen (secondary N) is 1. The van der Waals surface area contributed by atoms with Gasteiger partial charge in [-0.2, -0.15) is 0 Å². The molecular formula is C26H30N2O4S. The number of carbonyl (C=O) groups is 1. The van der Waals surface area contributed by atoms with E-state index in [0.29, 0.717) is 17.9 Å². The summed E-state index contributed by atoms with van der Waals surface area (Å²) < 4.78 is 31.7. The number of ether oxygens (including phenoxy) is 1. The van der Waals surface area contributed by atoms with Gasteiger partial charge in [0.2, 0.25) is 15.9 Å². The predicted molar refractivity (Wildman–Crippen MR) is 134 cm³/mol. The Balaban J connectivity index is 1.40. The Bertz CT molecular complexity index is 1260. The number of carbonyl (C=O) groups excluding carboxylic acids is 1. The molecule has 174 valence electrons. The first-order valence-electron chi connectivity index (χ1n) is 11.3. The second-order valence-electron chi connectivity index (χ2n) is 8.76. The lowest BCUT2D eigenvalue weighted by Gasteiger charge is -2.23. The van der Waals surface area contributed by atoms with Crippen molar-refractivity contribution >= 4 is 38.1 Å². The Labute approximate surface area is 195 Å². The second kappa shape index (κ2) is 9.43. The summed E-state index contributed by atoms with van der Waals surface area (Å²) in [6, 6.07) is 17.3. The van der Waals surface area contributed by atoms with Gasteiger partial charge in [-0.3, -0.25) is 9.10 Å². The van der Waals surface area contributed by atoms with E-state index in [0.717, 1.165) is 23.9 Å². The van der Waals surface area contributed by atoms with Crippen molar-refractivity contribution in [1.29, 1.82) is 0 Å². The molecule has 0 aromatic heterocycles. The zero-order chi connectivity index (χ0) is 23.6. The van der Waals surface area contributed by atoms with Crippen LogP contribution in [0.1, 0.15) is 37.8 Å². The maximum atomic E-state index is 12.7. The van der Waals surface area contributed by atoms with Crippen LogP contribution in [-0.2, 0) is 27.7 Å². The first-order valence-corrected chi connectivity index (χ1v) is 13.1. The van der Waals surface area contributed by atoms with Crippen LogP contribution >= 0.6 is 0 Å². The molecule has 0 bridgehead atoms. The van der Waals surface area contributed by atoms with E-state index in [4.69, 9.17) is 4.74 Å². The molecule has 33 heavy (non-hydrogen) atoms. The zero-order valence-electron chi connectivity index (χ0n) is 19.3. The maximum Gasteiger partial charge on any atom is 0.232 e. The molecule has 0 heterocycles. The lowest BCUT2D eigenvalue weighted by Crippen LogP contribution is -2.31. The quantitative estimate of drug-likeness (QED) is 0.486. The Morgan fingerprint density at radius 3 is 2.39 bits per heavy atom. The van der Waals surface area contributed by atoms with Gasteiger partial charge in [-0.15, -0.1) is 0 Å². The second-order valence-corrected chi connectivity index (χ2v) is 10.7. The molecule has 0 fully saturated rings. The predicted octanol–water partition coefficient (Wildman–Crippen LogP) is 4.91. The third kappa shape index (κ3) is 5.30. The van der Waals surface area contributed by atoms with Crippen molar-refractivity contribution in [2.75, 3.05) is 22.4 Å². The van der Waals surface area contributed by atoms with Crippen LogP contribution in [0.2, 0.25) is 0 Å². The Morgan fingerprint density at radius 2 is 1.73 bits per heavy atom. The van der Waals surface area contributed by atoms with Gasteiger partial charge in [-0.25, -0.2) is 8.42 Å². The van der Waals surface area contributed by atoms with Crippen molar-refractivity contribution in [1.82, 2.24) is 0 Å². The van der Waals surface area contributed by atoms with Gasteiger partial charge in [0.25, 0.3) is 0 Å². The fourth-order valence-electron chi connectivity index (χ4n) is 4.40. The first-order chi connectivity index (χ1) is 15.7. The molecule has 0 radical (unpaired) electrons. The molecule has 1 aliphatic carbocycles. The number of hydrogen-bond donors (Lipinski definition) is 1. The third-order valence-corrected chi connectivity index (χ3v) is 7.01. The smallest absolute Gasteiger partial charge is 0.232 e. The van der Waals surface area contributed by atoms with Gasteiger partial charge in [0, 0.05) is 24.0 Å². The number of anilines is 2. The van der Waals surface area contributed by atoms with Crippen molar-refractivity contribution in [3.05, 3.63) is 65.7 Å². The number of hydrogen-bond acceptors (Lipinski definition) is 4. The molecule has 1 amide bonds. The summed E-state index contributed by atoms with van der Waals surface area (Å²) in [6.45, 7) is 4.09. The molecule has 3 aromatic rings. The molecule has 7 heteroatoms. The van der Waals surface area contributed by atoms with Crippen LogP contribution in [0.25, 0.3) is 10.8 Å². The summed E-state index contributed by atoms with van der Waals surface area (Å²) in [5.74, 6) is 0.565. The summed E-state index contributed by atoms with van der Waals surface area (Å²) in [5.41, 5.74) is 4.02. The Morgan fingerprint density at radius 1 is 1.03 bits per heavy atom. The minimum atomic E-state index is -3.48. The molecule has 1 aliphatic rings. The van der Waals surface area contributed by atoms with Gasteiger partial charge in [-0.05, 0) is 80.0 Å². The highest BCUT2D eigenvalue weighted by Crippen LogP contribution is 2.35. The minimum Gasteiger partial charge on any atom is -0.491 e. The SMILES string of the molecule is CC(C)Oc1ccc(N(CCCC(=O)Nc2ccc3c4c(cccc24)CC3)S(C)(=O)=O)cc1. The Hall–Kier alpha value is -3.06. The van der Waals surface area contributed by atoms with E-state index in [1.54, 1.807) is 24.3 Å². The van der Waals surface area contributed by atoms with Gasteiger partial charge >= 0.3 is 0 Å². The summed E-state index contributed by atoms with van der Waals surface area (Å²) in [7, 11) is -3.48. The van der Waals surface area contributed by atoms with Gasteiger partial charge in [0.05, 0.1) is 18.0 Å². The van der Waals surface area contributed by atoms with Gasteiger partial charge in [0.15, 0.2) is 0 Å². The molecule has 0 spiro atoms. The highest BCUT2D eigenvalue weighted by Gasteiger charge is 2.19. The molecule has 3 aromatic carbocycles. The molecule has 0 aliphatic heterocycles. The van der Waals surface area contributed by atoms with Crippen LogP contribution in [-0.4, -0.2) is 33.2 Å². The van der Waals surface area contributed by atoms with Crippen molar-refractivity contribution in [3.8, 4) is 5.75 Å². The fraction of sp³-hybridized carbons (Fsp3) is 0.346. The first kappa shape index (κ1) is 23.1. The zero-order valence-corrected chi connectivity index (χ0v) is 20.1. The number of amides is 1. The summed E-state index contributed by atoms with van der Waals surface area (Å²) in [4.78, 5) is 12.7. The Kier molecular flexibility index (Phi) is 6.61. The summed E-state index contributed by atoms with van der Waals surface area (Å²) in [5, 5.41) is 5.34. The minimum absolute atomic E-state index is 0.0404. The summed E-state index contributed by atoms with van der Waals surface area (Å²) in [6.07, 6.45) is 3.93. The number of rotatable bonds is 9. The summed E-state index contributed by atoms with van der Waals surface area (Å²) >= 11 is 0. The van der Waals surface area contributed by atoms with Crippen LogP contribution < -0.4 is 14.4 Å². The van der Waals surface area contributed by atoms with E-state index >= 15 is 0 Å². The van der Waals surface area contributed by atoms with Crippen LogP contribution in [0.4, 0.5) is 11.4 Å². The number of nitrogens with zero attached hydrogens (tertiary/aromatic N) is 1. The van der Waals surface area contributed by atoms with Crippen molar-refractivity contribution in [3.63, 3.8) is 0 Å². The maximum absolute atomic E-state index is 12.7. The topological polar surface area (TPSA) is 75.7 Å². The van der Waals surface area contributed by atoms with Crippen LogP contribution in [0.15, 0.2) is 54.6 Å². The fourth-order valence-corrected chi connectivity index (χ4v) is 5.37. The van der Waals surface area contributed by atoms with Crippen molar-refractivity contribution in [2.45, 2.75) is 45.6 Å². The van der Waals surface area contributed by atoms with Crippen LogP contribution in [0.5, 0.6) is 5.75 Å². The van der Waals surface area contributed by atoms with Gasteiger partial charge < -0.3 is 10.1 Å². The van der Waals surface area contributed by atoms with Gasteiger partial charge in [0.1, 0.15) is 5.75 Å². The molecule has 4 rings (SSSR count). The van der Waals surface area contributed by atoms with Gasteiger partial charge in [-0.1, -0.05) is 24.3 Å². The molecule has 6 nitrogen and oxygen atoms in total. The van der Waals surface area contributed by atoms with Crippen LogP contribution in [0.3, 0.4) is 0 Å². The average Bonchev–Trinajstić information content (AvgIpc) is 3.17. The molecule has 0 atom stereocenters. The lowest BCUT2D eigenvalue weighted by molar-refractivity contribution is -0.116. The van der Waals surface area contributed by atoms with E-state index in [1.807, 2.05) is 32.0 Å². The molecule has 0 saturated heterocycles. The number of aryl methyl sites for hydroxylation is 2. The van der Waals surface area contributed by atoms with E-state index in [9.17, 15) is 13.2 Å². The van der Waals surface area contributed by atoms with E-state index < -0.39 is 10.0 Å². The largest absolute Gasteiger partial charge is 0.491 e. The van der Waals surface area contributed by atoms with Crippen molar-refractivity contribution in [2.24, 2.45) is 0 Å². The van der Waals surface area contributed by atoms with Crippen LogP contribution in [0, 0.1) is 0 Å². The standard InChI is InChI=1S/C26H30N2O4S/c1-18(2)32-22-14-12-21(13-15-22)28(33(3,30)31)17-5-8-25(29)27-24-16-11-20-10-9-19-6-4-7-23(24)26(19)20/h4,6-7,11-16,18H,5,8-10,17H2,1-3H3,(H,27,29). The monoisotopic (exact) mass is 466 g/mol. The third-order valence-electron chi connectivity index (χ3n) is 5.81. The lowest BCUT2D eigenvalue weighted by atomic mass is 10.0. The molecule has 1 N–H and O–H groups in total. The van der Waals surface area contributed by atoms with E-state index in [-0.39, 0.29) is 25.0 Å². The van der Waals surface area contributed by atoms with E-state index in [2.05, 4.69) is 17.4 Å². The van der Waals surface area contributed by atoms with Crippen molar-refractivity contribution < 1.29 is 17.9 Å². The molecule has 0 unspecified atom stereocenters. The van der Waals surface area contributed by atoms with E-state index in [1.165, 1.54) is 27.1 Å². The highest BCUT2D eigenvalue weighted by molar-refractivity contribution is 7.92.